The molecule has 0 aliphatic carbocycles. The van der Waals surface area contributed by atoms with Crippen LogP contribution in [0.15, 0.2) is 28.3 Å². The smallest absolute Gasteiger partial charge is 0.326 e. The van der Waals surface area contributed by atoms with Gasteiger partial charge in [-0.1, -0.05) is 0 Å². The topological polar surface area (TPSA) is 107 Å². The molecule has 0 bridgehead atoms. The average molecular weight is 339 g/mol. The molecule has 1 amide bonds. The number of carbonyl (C=O) groups is 2. The van der Waals surface area contributed by atoms with Crippen LogP contribution in [0.4, 0.5) is 0 Å². The van der Waals surface area contributed by atoms with Crippen LogP contribution in [0.3, 0.4) is 0 Å². The summed E-state index contributed by atoms with van der Waals surface area (Å²) in [4.78, 5) is 26.9. The lowest BCUT2D eigenvalue weighted by Crippen LogP contribution is -2.49. The summed E-state index contributed by atoms with van der Waals surface area (Å²) in [5.74, 6) is -1.17. The van der Waals surface area contributed by atoms with Gasteiger partial charge in [0, 0.05) is 19.3 Å². The molecule has 3 aliphatic rings. The lowest BCUT2D eigenvalue weighted by atomic mass is 10.0. The maximum absolute atomic E-state index is 12.6. The quantitative estimate of drug-likeness (QED) is 0.756. The molecule has 1 saturated heterocycles. The van der Waals surface area contributed by atoms with Crippen LogP contribution in [-0.2, 0) is 19.6 Å². The van der Waals surface area contributed by atoms with Gasteiger partial charge in [0.1, 0.15) is 11.9 Å². The van der Waals surface area contributed by atoms with Gasteiger partial charge in [-0.2, -0.15) is 0 Å². The minimum atomic E-state index is -3.44. The maximum Gasteiger partial charge on any atom is 0.326 e. The second kappa shape index (κ2) is 5.80. The average Bonchev–Trinajstić information content (AvgIpc) is 2.53. The number of amidine groups is 1. The van der Waals surface area contributed by atoms with Crippen molar-refractivity contribution < 1.29 is 23.1 Å². The zero-order valence-electron chi connectivity index (χ0n) is 12.4. The number of carboxylic acid groups (broad SMARTS) is 1. The lowest BCUT2D eigenvalue weighted by molar-refractivity contribution is -0.150. The lowest BCUT2D eigenvalue weighted by Gasteiger charge is -2.34. The highest BCUT2D eigenvalue weighted by atomic mass is 32.2. The number of rotatable bonds is 2. The zero-order valence-corrected chi connectivity index (χ0v) is 13.2. The summed E-state index contributed by atoms with van der Waals surface area (Å²) in [7, 11) is -3.44. The normalized spacial score (nSPS) is 26.2. The van der Waals surface area contributed by atoms with Crippen LogP contribution >= 0.6 is 0 Å². The van der Waals surface area contributed by atoms with Crippen LogP contribution < -0.4 is 0 Å². The van der Waals surface area contributed by atoms with Gasteiger partial charge >= 0.3 is 5.97 Å². The molecule has 0 aromatic carbocycles. The molecule has 0 aromatic heterocycles. The van der Waals surface area contributed by atoms with Crippen LogP contribution in [0.2, 0.25) is 0 Å². The van der Waals surface area contributed by atoms with E-state index in [-0.39, 0.29) is 24.0 Å². The summed E-state index contributed by atoms with van der Waals surface area (Å²) in [6.07, 6.45) is 6.53. The third-order valence-electron chi connectivity index (χ3n) is 4.12. The van der Waals surface area contributed by atoms with Gasteiger partial charge in [-0.3, -0.25) is 4.79 Å². The van der Waals surface area contributed by atoms with Crippen LogP contribution in [0.5, 0.6) is 0 Å². The van der Waals surface area contributed by atoms with Crippen molar-refractivity contribution in [3.8, 4) is 0 Å². The van der Waals surface area contributed by atoms with Crippen molar-refractivity contribution in [3.63, 3.8) is 0 Å². The standard InChI is InChI=1S/C14H17N3O5S/c18-13(17-6-2-1-3-11(17)14(19)20)10-4-5-12-15-23(21,22)8-7-16(12)9-10/h4-5,9,11H,1-3,6-8H2,(H,19,20)/t11-/m1/s1. The molecule has 9 heteroatoms. The van der Waals surface area contributed by atoms with Gasteiger partial charge in [0.15, 0.2) is 0 Å². The predicted molar refractivity (Wildman–Crippen MR) is 82.1 cm³/mol. The number of aliphatic carboxylic acids is 1. The van der Waals surface area contributed by atoms with E-state index in [2.05, 4.69) is 4.40 Å². The van der Waals surface area contributed by atoms with Gasteiger partial charge in [0.05, 0.1) is 11.3 Å². The molecule has 0 spiro atoms. The van der Waals surface area contributed by atoms with E-state index in [9.17, 15) is 23.1 Å². The molecule has 124 valence electrons. The fourth-order valence-electron chi connectivity index (χ4n) is 2.92. The minimum Gasteiger partial charge on any atom is -0.480 e. The molecule has 3 rings (SSSR count). The summed E-state index contributed by atoms with van der Waals surface area (Å²) in [5.41, 5.74) is 0.344. The summed E-state index contributed by atoms with van der Waals surface area (Å²) >= 11 is 0. The van der Waals surface area contributed by atoms with Gasteiger partial charge in [0.2, 0.25) is 0 Å². The number of amides is 1. The fourth-order valence-corrected chi connectivity index (χ4v) is 3.89. The molecule has 1 N–H and O–H groups in total. The molecular weight excluding hydrogens is 322 g/mol. The number of hydrogen-bond donors (Lipinski definition) is 1. The Morgan fingerprint density at radius 1 is 1.22 bits per heavy atom. The van der Waals surface area contributed by atoms with Gasteiger partial charge in [0.25, 0.3) is 15.9 Å². The highest BCUT2D eigenvalue weighted by molar-refractivity contribution is 7.90. The van der Waals surface area contributed by atoms with Crippen molar-refractivity contribution in [1.82, 2.24) is 9.80 Å². The molecule has 3 aliphatic heterocycles. The van der Waals surface area contributed by atoms with Gasteiger partial charge in [-0.25, -0.2) is 13.2 Å². The summed E-state index contributed by atoms with van der Waals surface area (Å²) in [6, 6.07) is -0.803. The van der Waals surface area contributed by atoms with Crippen molar-refractivity contribution in [2.24, 2.45) is 4.40 Å². The number of nitrogens with zero attached hydrogens (tertiary/aromatic N) is 3. The summed E-state index contributed by atoms with van der Waals surface area (Å²) in [5, 5.41) is 9.27. The fraction of sp³-hybridized carbons (Fsp3) is 0.500. The number of carboxylic acids is 1. The molecule has 1 fully saturated rings. The SMILES string of the molecule is O=C(O)[C@H]1CCCCN1C(=O)C1=CN2CCS(=O)(=O)N=C2C=C1. The van der Waals surface area contributed by atoms with Crippen LogP contribution in [-0.4, -0.2) is 65.9 Å². The molecule has 0 aromatic rings. The van der Waals surface area contributed by atoms with Crippen molar-refractivity contribution in [2.45, 2.75) is 25.3 Å². The first-order chi connectivity index (χ1) is 10.9. The van der Waals surface area contributed by atoms with Crippen LogP contribution in [0, 0.1) is 0 Å². The number of hydrogen-bond acceptors (Lipinski definition) is 5. The van der Waals surface area contributed by atoms with E-state index in [0.717, 1.165) is 12.8 Å². The highest BCUT2D eigenvalue weighted by Gasteiger charge is 2.34. The Morgan fingerprint density at radius 3 is 2.74 bits per heavy atom. The molecule has 1 atom stereocenters. The monoisotopic (exact) mass is 339 g/mol. The number of sulfonamides is 1. The molecule has 0 radical (unpaired) electrons. The number of carbonyl (C=O) groups excluding carboxylic acids is 1. The Bertz CT molecular complexity index is 738. The van der Waals surface area contributed by atoms with E-state index < -0.39 is 22.0 Å². The number of likely N-dealkylation sites (tertiary alicyclic amines) is 1. The Hall–Kier alpha value is -2.16. The van der Waals surface area contributed by atoms with E-state index >= 15 is 0 Å². The molecule has 23 heavy (non-hydrogen) atoms. The third kappa shape index (κ3) is 3.14. The number of piperidine rings is 1. The Balaban J connectivity index is 1.83. The molecule has 3 heterocycles. The van der Waals surface area contributed by atoms with Crippen LogP contribution in [0.1, 0.15) is 19.3 Å². The molecule has 0 unspecified atom stereocenters. The highest BCUT2D eigenvalue weighted by Crippen LogP contribution is 2.22. The number of fused-ring (bicyclic) bond motifs is 1. The van der Waals surface area contributed by atoms with Gasteiger partial charge in [-0.05, 0) is 31.4 Å². The summed E-state index contributed by atoms with van der Waals surface area (Å²) in [6.45, 7) is 0.640. The van der Waals surface area contributed by atoms with Crippen molar-refractivity contribution >= 4 is 27.7 Å². The van der Waals surface area contributed by atoms with E-state index in [0.29, 0.717) is 18.5 Å². The molecular formula is C14H17N3O5S. The van der Waals surface area contributed by atoms with Crippen molar-refractivity contribution in [3.05, 3.63) is 23.9 Å². The van der Waals surface area contributed by atoms with Gasteiger partial charge < -0.3 is 14.9 Å². The largest absolute Gasteiger partial charge is 0.480 e. The first-order valence-corrected chi connectivity index (χ1v) is 9.01. The molecule has 0 saturated carbocycles. The van der Waals surface area contributed by atoms with E-state index in [1.54, 1.807) is 11.1 Å². The third-order valence-corrected chi connectivity index (χ3v) is 5.28. The first kappa shape index (κ1) is 15.7. The zero-order chi connectivity index (χ0) is 16.6. The first-order valence-electron chi connectivity index (χ1n) is 7.40. The van der Waals surface area contributed by atoms with Gasteiger partial charge in [-0.15, -0.1) is 4.40 Å². The second-order valence-electron chi connectivity index (χ2n) is 5.70. The van der Waals surface area contributed by atoms with E-state index in [1.165, 1.54) is 17.1 Å². The van der Waals surface area contributed by atoms with Crippen molar-refractivity contribution in [1.29, 1.82) is 0 Å². The summed E-state index contributed by atoms with van der Waals surface area (Å²) < 4.78 is 26.6. The minimum absolute atomic E-state index is 0.107. The predicted octanol–water partition coefficient (Wildman–Crippen LogP) is -0.0503. The Labute approximate surface area is 133 Å². The maximum atomic E-state index is 12.6. The van der Waals surface area contributed by atoms with Crippen molar-refractivity contribution in [2.75, 3.05) is 18.8 Å². The van der Waals surface area contributed by atoms with E-state index in [1.807, 2.05) is 0 Å². The second-order valence-corrected chi connectivity index (χ2v) is 7.45. The Morgan fingerprint density at radius 2 is 2.00 bits per heavy atom. The van der Waals surface area contributed by atoms with E-state index in [4.69, 9.17) is 0 Å². The Kier molecular flexibility index (Phi) is 3.97. The van der Waals surface area contributed by atoms with Crippen LogP contribution in [0.25, 0.3) is 0 Å². The molecule has 8 nitrogen and oxygen atoms in total.